The number of ether oxygens (including phenoxy) is 2. The SMILES string of the molecule is [CH2-]OCC(=O)N(CCC[Si](OC)(OC)OC)CCC[Si](OC)(OC)OC.[CH2-]OCC(=O)O.[Rf].[Rf]. The molecule has 0 heterocycles. The van der Waals surface area contributed by atoms with Crippen molar-refractivity contribution >= 4 is 29.5 Å². The van der Waals surface area contributed by atoms with Gasteiger partial charge in [-0.2, -0.15) is 0 Å². The van der Waals surface area contributed by atoms with Crippen LogP contribution in [0, 0.1) is 14.2 Å². The summed E-state index contributed by atoms with van der Waals surface area (Å²) in [6.45, 7) is 0.686. The monoisotopic (exact) mass is 1040 g/mol. The Kier molecular flexibility index (Phi) is 24.7. The second kappa shape index (κ2) is 21.9. The van der Waals surface area contributed by atoms with Crippen LogP contribution in [-0.2, 0) is 45.6 Å². The fourth-order valence-corrected chi connectivity index (χ4v) is 6.12. The molecule has 0 spiro atoms. The van der Waals surface area contributed by atoms with Crippen LogP contribution in [0.5, 0.6) is 0 Å². The van der Waals surface area contributed by atoms with Crippen LogP contribution in [-0.4, -0.2) is 108 Å². The molecule has 1 N–H and O–H groups in total. The molecule has 34 heavy (non-hydrogen) atoms. The first-order chi connectivity index (χ1) is 15.2. The van der Waals surface area contributed by atoms with Crippen LogP contribution in [0.25, 0.3) is 0 Å². The van der Waals surface area contributed by atoms with E-state index in [0.29, 0.717) is 38.0 Å². The zero-order valence-corrected chi connectivity index (χ0v) is 36.3. The summed E-state index contributed by atoms with van der Waals surface area (Å²) in [6.07, 6.45) is 1.37. The zero-order chi connectivity index (χ0) is 25.0. The number of carbonyl (C=O) groups is 2. The molecule has 0 aromatic heterocycles. The van der Waals surface area contributed by atoms with Gasteiger partial charge in [0.05, 0.1) is 6.61 Å². The quantitative estimate of drug-likeness (QED) is 0.156. The van der Waals surface area contributed by atoms with Gasteiger partial charge in [0.25, 0.3) is 0 Å². The minimum atomic E-state index is -2.65. The van der Waals surface area contributed by atoms with E-state index in [9.17, 15) is 9.59 Å². The number of carbonyl (C=O) groups excluding carboxylic acids is 1. The second-order valence-electron chi connectivity index (χ2n) is 6.27. The summed E-state index contributed by atoms with van der Waals surface area (Å²) in [5, 5.41) is 7.75. The number of aliphatic carboxylic acids is 1. The molecule has 12 nitrogen and oxygen atoms in total. The Morgan fingerprint density at radius 3 is 1.24 bits per heavy atom. The average Bonchev–Trinajstić information content (AvgIpc) is 2.79. The molecule has 0 unspecified atom stereocenters. The predicted octanol–water partition coefficient (Wildman–Crippen LogP) is 1.04. The first kappa shape index (κ1) is 38.3. The number of hydrogen-bond acceptors (Lipinski definition) is 10. The number of rotatable bonds is 18. The largest absolute Gasteiger partial charge is 0.548 e. The standard InChI is InChI=1S/C15H34NO8Si2.C3H5O3.2Rf/c1-18-14-15(17)16(10-8-12-25(19-2,20-3)21-4)11-9-13-26(22-5,23-6)24-7;1-6-2-3(4)5;;/h1,8-14H2,2-7H3;1-2H2,(H,4,5);;/q2*-1;;. The van der Waals surface area contributed by atoms with Gasteiger partial charge in [0.1, 0.15) is 6.61 Å². The smallest absolute Gasteiger partial charge is 0.500 e. The molecule has 196 valence electrons. The first-order valence-corrected chi connectivity index (χ1v) is 13.6. The number of hydrogen-bond donors (Lipinski definition) is 1. The topological polar surface area (TPSA) is 131 Å². The van der Waals surface area contributed by atoms with Crippen molar-refractivity contribution in [3.05, 3.63) is 14.2 Å². The molecule has 1 amide bonds. The number of carboxylic acid groups (broad SMARTS) is 1. The molecule has 0 saturated heterocycles. The van der Waals surface area contributed by atoms with E-state index in [1.807, 2.05) is 0 Å². The van der Waals surface area contributed by atoms with Crippen molar-refractivity contribution in [3.63, 3.8) is 0 Å². The van der Waals surface area contributed by atoms with Crippen molar-refractivity contribution in [2.75, 3.05) is 69.0 Å². The number of nitrogens with zero attached hydrogens (tertiary/aromatic N) is 1. The van der Waals surface area contributed by atoms with Gasteiger partial charge in [-0.3, -0.25) is 4.79 Å². The first-order valence-electron chi connectivity index (χ1n) is 9.73. The van der Waals surface area contributed by atoms with Crippen molar-refractivity contribution in [1.29, 1.82) is 0 Å². The van der Waals surface area contributed by atoms with Gasteiger partial charge in [-0.15, -0.1) is 0 Å². The summed E-state index contributed by atoms with van der Waals surface area (Å²) in [5.74, 6) is -1.12. The van der Waals surface area contributed by atoms with Crippen molar-refractivity contribution < 1.29 is 50.7 Å². The molecule has 0 fully saturated rings. The normalized spacial score (nSPS) is 10.9. The predicted molar refractivity (Wildman–Crippen MR) is 119 cm³/mol. The third kappa shape index (κ3) is 15.0. The van der Waals surface area contributed by atoms with E-state index in [0.717, 1.165) is 0 Å². The van der Waals surface area contributed by atoms with Gasteiger partial charge in [0.2, 0.25) is 5.91 Å². The minimum Gasteiger partial charge on any atom is -0.548 e. The van der Waals surface area contributed by atoms with E-state index in [1.165, 1.54) is 0 Å². The Bertz CT molecular complexity index is 460. The summed E-state index contributed by atoms with van der Waals surface area (Å²) >= 11 is 0. The maximum atomic E-state index is 12.3. The fourth-order valence-electron chi connectivity index (χ4n) is 2.71. The minimum absolute atomic E-state index is 0. The average molecular weight is 1040 g/mol. The van der Waals surface area contributed by atoms with Crippen molar-refractivity contribution in [2.45, 2.75) is 24.9 Å². The van der Waals surface area contributed by atoms with E-state index in [2.05, 4.69) is 19.0 Å². The van der Waals surface area contributed by atoms with Crippen LogP contribution < -0.4 is 0 Å². The van der Waals surface area contributed by atoms with E-state index >= 15 is 0 Å². The molecule has 16 heteroatoms. The van der Waals surface area contributed by atoms with Crippen LogP contribution in [0.3, 0.4) is 0 Å². The Hall–Kier alpha value is -2.95. The van der Waals surface area contributed by atoms with E-state index < -0.39 is 23.6 Å². The molecule has 0 radical (unpaired) electrons. The zero-order valence-electron chi connectivity index (χ0n) is 21.5. The van der Waals surface area contributed by atoms with Gasteiger partial charge in [-0.05, 0) is 12.8 Å². The summed E-state index contributed by atoms with van der Waals surface area (Å²) in [5.41, 5.74) is 0. The fraction of sp³-hybridized carbons (Fsp3) is 0.778. The van der Waals surface area contributed by atoms with E-state index in [-0.39, 0.29) is 19.1 Å². The van der Waals surface area contributed by atoms with Crippen LogP contribution in [0.15, 0.2) is 0 Å². The summed E-state index contributed by atoms with van der Waals surface area (Å²) in [7, 11) is 10.3. The van der Waals surface area contributed by atoms with Crippen molar-refractivity contribution in [2.24, 2.45) is 0 Å². The third-order valence-corrected chi connectivity index (χ3v) is 10.2. The third-order valence-electron chi connectivity index (χ3n) is 4.49. The van der Waals surface area contributed by atoms with Gasteiger partial charge in [-0.1, -0.05) is 0 Å². The second-order valence-corrected chi connectivity index (χ2v) is 12.5. The molecule has 0 aromatic carbocycles. The maximum absolute atomic E-state index is 12.3. The van der Waals surface area contributed by atoms with Gasteiger partial charge in [-0.25, -0.2) is 19.0 Å². The van der Waals surface area contributed by atoms with Crippen LogP contribution in [0.2, 0.25) is 12.1 Å². The molecule has 0 atom stereocenters. The van der Waals surface area contributed by atoms with E-state index in [1.54, 1.807) is 47.6 Å². The molecular weight excluding hydrogens is 996 g/mol. The molecule has 0 saturated carbocycles. The van der Waals surface area contributed by atoms with E-state index in [4.69, 9.17) is 36.4 Å². The molecule has 0 aromatic rings. The van der Waals surface area contributed by atoms with Gasteiger partial charge in [0.15, 0.2) is 0 Å². The molecule has 0 bridgehead atoms. The number of amides is 1. The molecular formula is C18H39NO11Rf2Si2-2. The summed E-state index contributed by atoms with van der Waals surface area (Å²) < 4.78 is 41.1. The Labute approximate surface area is 193 Å². The molecule has 0 aliphatic heterocycles. The van der Waals surface area contributed by atoms with Crippen molar-refractivity contribution in [3.8, 4) is 0 Å². The van der Waals surface area contributed by atoms with Gasteiger partial charge >= 0.3 is 23.6 Å². The molecule has 0 aliphatic rings. The van der Waals surface area contributed by atoms with Gasteiger partial charge < -0.3 is 46.0 Å². The Balaban J connectivity index is -0.000000496. The molecule has 0 rings (SSSR count). The maximum Gasteiger partial charge on any atom is 0.500 e. The van der Waals surface area contributed by atoms with Crippen LogP contribution in [0.4, 0.5) is 0 Å². The molecule has 0 aliphatic carbocycles. The number of carboxylic acids is 1. The van der Waals surface area contributed by atoms with Crippen LogP contribution in [0.1, 0.15) is 12.8 Å². The Morgan fingerprint density at radius 2 is 1.03 bits per heavy atom. The van der Waals surface area contributed by atoms with Crippen LogP contribution >= 0.6 is 0 Å². The van der Waals surface area contributed by atoms with Crippen molar-refractivity contribution in [1.82, 2.24) is 4.90 Å². The summed E-state index contributed by atoms with van der Waals surface area (Å²) in [6, 6.07) is 1.22. The summed E-state index contributed by atoms with van der Waals surface area (Å²) in [4.78, 5) is 23.4. The van der Waals surface area contributed by atoms with Gasteiger partial charge in [0, 0.05) is 67.8 Å². The Morgan fingerprint density at radius 1 is 0.706 bits per heavy atom.